The zero-order valence-corrected chi connectivity index (χ0v) is 42.5. The molecule has 0 amide bonds. The number of ether oxygens (including phenoxy) is 3. The number of allylic oxidation sites excluding steroid dienone is 12. The highest BCUT2D eigenvalue weighted by Crippen LogP contribution is 2.15. The Morgan fingerprint density at radius 3 is 1.16 bits per heavy atom. The van der Waals surface area contributed by atoms with E-state index in [2.05, 4.69) is 93.7 Å². The van der Waals surface area contributed by atoms with E-state index < -0.39 is 6.10 Å². The van der Waals surface area contributed by atoms with Crippen LogP contribution in [-0.2, 0) is 23.8 Å². The maximum absolute atomic E-state index is 12.8. The number of rotatable bonds is 50. The van der Waals surface area contributed by atoms with Crippen molar-refractivity contribution in [3.8, 4) is 0 Å². The van der Waals surface area contributed by atoms with Crippen LogP contribution in [0.25, 0.3) is 0 Å². The molecular formula is C59H104O5. The van der Waals surface area contributed by atoms with Crippen LogP contribution >= 0.6 is 0 Å². The summed E-state index contributed by atoms with van der Waals surface area (Å²) in [7, 11) is 0. The molecule has 0 saturated heterocycles. The van der Waals surface area contributed by atoms with Gasteiger partial charge in [0.05, 0.1) is 6.61 Å². The van der Waals surface area contributed by atoms with Crippen molar-refractivity contribution in [2.75, 3.05) is 19.8 Å². The Labute approximate surface area is 397 Å². The Morgan fingerprint density at radius 1 is 0.359 bits per heavy atom. The third-order valence-corrected chi connectivity index (χ3v) is 11.7. The fraction of sp³-hybridized carbons (Fsp3) is 0.763. The number of esters is 2. The first-order chi connectivity index (χ1) is 31.6. The molecule has 1 atom stereocenters. The predicted octanol–water partition coefficient (Wildman–Crippen LogP) is 18.7. The molecule has 0 bridgehead atoms. The molecule has 0 saturated carbocycles. The van der Waals surface area contributed by atoms with Gasteiger partial charge in [-0.2, -0.15) is 0 Å². The average molecular weight is 893 g/mol. The SMILES string of the molecule is CC/C=C\C/C=C\C/C=C\C/C=C\CCCCCCCCCOCC(COC(=O)CCCCCCC/C=C\C/C=C\CCCCC)OC(=O)CCCCCCCCCCCCCCC. The van der Waals surface area contributed by atoms with Gasteiger partial charge >= 0.3 is 11.9 Å². The predicted molar refractivity (Wildman–Crippen MR) is 279 cm³/mol. The van der Waals surface area contributed by atoms with E-state index in [1.165, 1.54) is 148 Å². The van der Waals surface area contributed by atoms with Gasteiger partial charge in [0.2, 0.25) is 0 Å². The molecule has 1 unspecified atom stereocenters. The van der Waals surface area contributed by atoms with Crippen molar-refractivity contribution in [3.63, 3.8) is 0 Å². The van der Waals surface area contributed by atoms with Crippen LogP contribution in [0.15, 0.2) is 72.9 Å². The summed E-state index contributed by atoms with van der Waals surface area (Å²) in [5.74, 6) is -0.412. The molecule has 0 aliphatic carbocycles. The molecule has 0 radical (unpaired) electrons. The van der Waals surface area contributed by atoms with Gasteiger partial charge in [0.1, 0.15) is 6.61 Å². The molecule has 0 rings (SSSR count). The van der Waals surface area contributed by atoms with Crippen LogP contribution in [0, 0.1) is 0 Å². The van der Waals surface area contributed by atoms with E-state index in [-0.39, 0.29) is 25.2 Å². The van der Waals surface area contributed by atoms with E-state index in [0.717, 1.165) is 83.5 Å². The van der Waals surface area contributed by atoms with Crippen LogP contribution in [0.1, 0.15) is 265 Å². The van der Waals surface area contributed by atoms with Crippen molar-refractivity contribution < 1.29 is 23.8 Å². The smallest absolute Gasteiger partial charge is 0.306 e. The topological polar surface area (TPSA) is 61.8 Å². The standard InChI is InChI=1S/C59H104O5/c1-4-7-10-13-16-19-22-25-27-28-29-30-31-33-36-39-42-45-48-51-54-62-55-57(64-59(61)53-50-47-44-41-38-34-24-21-18-15-12-9-6-3)56-63-58(60)52-49-46-43-40-37-35-32-26-23-20-17-14-11-8-5-2/h7,10,16-17,19-20,25-27,29-30,32,57H,4-6,8-9,11-15,18,21-24,28,31,33-56H2,1-3H3/b10-7-,19-16-,20-17-,27-25-,30-29-,32-26-. The molecule has 0 aromatic carbocycles. The summed E-state index contributed by atoms with van der Waals surface area (Å²) >= 11 is 0. The summed E-state index contributed by atoms with van der Waals surface area (Å²) in [6.45, 7) is 7.67. The lowest BCUT2D eigenvalue weighted by Gasteiger charge is -2.18. The van der Waals surface area contributed by atoms with Gasteiger partial charge in [0, 0.05) is 19.4 Å². The molecule has 5 nitrogen and oxygen atoms in total. The van der Waals surface area contributed by atoms with E-state index in [1.54, 1.807) is 0 Å². The van der Waals surface area contributed by atoms with E-state index >= 15 is 0 Å². The number of carbonyl (C=O) groups is 2. The van der Waals surface area contributed by atoms with E-state index in [1.807, 2.05) is 0 Å². The molecule has 5 heteroatoms. The third kappa shape index (κ3) is 52.0. The summed E-state index contributed by atoms with van der Waals surface area (Å²) in [5.41, 5.74) is 0. The average Bonchev–Trinajstić information content (AvgIpc) is 3.30. The minimum Gasteiger partial charge on any atom is -0.462 e. The summed E-state index contributed by atoms with van der Waals surface area (Å²) in [5, 5.41) is 0. The molecule has 0 heterocycles. The molecule has 64 heavy (non-hydrogen) atoms. The fourth-order valence-corrected chi connectivity index (χ4v) is 7.65. The molecule has 0 aromatic heterocycles. The zero-order chi connectivity index (χ0) is 46.3. The highest BCUT2D eigenvalue weighted by atomic mass is 16.6. The van der Waals surface area contributed by atoms with Crippen LogP contribution in [0.2, 0.25) is 0 Å². The van der Waals surface area contributed by atoms with Gasteiger partial charge in [-0.25, -0.2) is 0 Å². The fourth-order valence-electron chi connectivity index (χ4n) is 7.65. The minimum absolute atomic E-state index is 0.0738. The highest BCUT2D eigenvalue weighted by Gasteiger charge is 2.17. The molecule has 0 aromatic rings. The van der Waals surface area contributed by atoms with Gasteiger partial charge in [-0.05, 0) is 89.9 Å². The summed E-state index contributed by atoms with van der Waals surface area (Å²) in [6, 6.07) is 0. The van der Waals surface area contributed by atoms with E-state index in [4.69, 9.17) is 14.2 Å². The first-order valence-corrected chi connectivity index (χ1v) is 27.5. The van der Waals surface area contributed by atoms with Gasteiger partial charge in [-0.3, -0.25) is 9.59 Å². The Morgan fingerprint density at radius 2 is 0.703 bits per heavy atom. The van der Waals surface area contributed by atoms with E-state index in [9.17, 15) is 9.59 Å². The molecule has 0 spiro atoms. The number of unbranched alkanes of at least 4 members (excludes halogenated alkanes) is 27. The van der Waals surface area contributed by atoms with Crippen molar-refractivity contribution >= 4 is 11.9 Å². The van der Waals surface area contributed by atoms with Crippen LogP contribution in [0.4, 0.5) is 0 Å². The molecule has 370 valence electrons. The monoisotopic (exact) mass is 893 g/mol. The Bertz CT molecular complexity index is 1150. The van der Waals surface area contributed by atoms with Gasteiger partial charge in [0.25, 0.3) is 0 Å². The summed E-state index contributed by atoms with van der Waals surface area (Å²) in [4.78, 5) is 25.4. The van der Waals surface area contributed by atoms with Gasteiger partial charge in [-0.15, -0.1) is 0 Å². The lowest BCUT2D eigenvalue weighted by molar-refractivity contribution is -0.163. The van der Waals surface area contributed by atoms with Crippen LogP contribution < -0.4 is 0 Å². The Balaban J connectivity index is 4.28. The molecular weight excluding hydrogens is 789 g/mol. The quantitative estimate of drug-likeness (QED) is 0.0346. The van der Waals surface area contributed by atoms with Crippen molar-refractivity contribution in [2.24, 2.45) is 0 Å². The summed E-state index contributed by atoms with van der Waals surface area (Å²) in [6.07, 6.45) is 70.5. The van der Waals surface area contributed by atoms with Gasteiger partial charge in [0.15, 0.2) is 6.10 Å². The van der Waals surface area contributed by atoms with Crippen molar-refractivity contribution in [1.82, 2.24) is 0 Å². The normalized spacial score (nSPS) is 12.7. The second kappa shape index (κ2) is 54.7. The van der Waals surface area contributed by atoms with Crippen LogP contribution in [-0.4, -0.2) is 37.9 Å². The number of hydrogen-bond acceptors (Lipinski definition) is 5. The maximum atomic E-state index is 12.8. The van der Waals surface area contributed by atoms with Crippen molar-refractivity contribution in [2.45, 2.75) is 271 Å². The second-order valence-corrected chi connectivity index (χ2v) is 18.1. The number of carbonyl (C=O) groups excluding carboxylic acids is 2. The lowest BCUT2D eigenvalue weighted by Crippen LogP contribution is -2.30. The second-order valence-electron chi connectivity index (χ2n) is 18.1. The summed E-state index contributed by atoms with van der Waals surface area (Å²) < 4.78 is 17.4. The lowest BCUT2D eigenvalue weighted by atomic mass is 10.0. The minimum atomic E-state index is -0.548. The Hall–Kier alpha value is -2.66. The van der Waals surface area contributed by atoms with Crippen LogP contribution in [0.5, 0.6) is 0 Å². The number of hydrogen-bond donors (Lipinski definition) is 0. The molecule has 0 N–H and O–H groups in total. The first kappa shape index (κ1) is 61.3. The molecule has 0 aliphatic heterocycles. The maximum Gasteiger partial charge on any atom is 0.306 e. The van der Waals surface area contributed by atoms with E-state index in [0.29, 0.717) is 19.4 Å². The van der Waals surface area contributed by atoms with Crippen LogP contribution in [0.3, 0.4) is 0 Å². The highest BCUT2D eigenvalue weighted by molar-refractivity contribution is 5.70. The molecule has 0 fully saturated rings. The largest absolute Gasteiger partial charge is 0.462 e. The first-order valence-electron chi connectivity index (χ1n) is 27.5. The van der Waals surface area contributed by atoms with Crippen molar-refractivity contribution in [1.29, 1.82) is 0 Å². The zero-order valence-electron chi connectivity index (χ0n) is 42.5. The van der Waals surface area contributed by atoms with Gasteiger partial charge in [-0.1, -0.05) is 235 Å². The Kier molecular flexibility index (Phi) is 52.4. The van der Waals surface area contributed by atoms with Crippen molar-refractivity contribution in [3.05, 3.63) is 72.9 Å². The molecule has 0 aliphatic rings. The third-order valence-electron chi connectivity index (χ3n) is 11.7. The van der Waals surface area contributed by atoms with Gasteiger partial charge < -0.3 is 14.2 Å².